The van der Waals surface area contributed by atoms with Crippen LogP contribution in [0.25, 0.3) is 0 Å². The quantitative estimate of drug-likeness (QED) is 0.943. The van der Waals surface area contributed by atoms with Gasteiger partial charge in [0.2, 0.25) is 0 Å². The maximum atomic E-state index is 12.7. The van der Waals surface area contributed by atoms with Crippen molar-refractivity contribution in [1.29, 1.82) is 0 Å². The average molecular weight is 315 g/mol. The van der Waals surface area contributed by atoms with Crippen molar-refractivity contribution in [3.05, 3.63) is 51.5 Å². The van der Waals surface area contributed by atoms with Crippen LogP contribution >= 0.6 is 11.3 Å². The Balaban J connectivity index is 1.73. The van der Waals surface area contributed by atoms with Crippen LogP contribution in [0.15, 0.2) is 30.3 Å². The number of benzene rings is 1. The SMILES string of the molecule is Cc1nc(Cc2ccccc2)sc1C(=O)N1CCC(CN)C1. The van der Waals surface area contributed by atoms with Crippen LogP contribution in [0.5, 0.6) is 0 Å². The summed E-state index contributed by atoms with van der Waals surface area (Å²) in [7, 11) is 0. The summed E-state index contributed by atoms with van der Waals surface area (Å²) in [5.41, 5.74) is 7.77. The number of aryl methyl sites for hydroxylation is 1. The van der Waals surface area contributed by atoms with Gasteiger partial charge < -0.3 is 10.6 Å². The molecule has 1 aliphatic rings. The smallest absolute Gasteiger partial charge is 0.265 e. The van der Waals surface area contributed by atoms with E-state index in [2.05, 4.69) is 17.1 Å². The fourth-order valence-electron chi connectivity index (χ4n) is 2.85. The third-order valence-electron chi connectivity index (χ3n) is 4.14. The number of amides is 1. The summed E-state index contributed by atoms with van der Waals surface area (Å²) in [6, 6.07) is 10.2. The lowest BCUT2D eigenvalue weighted by Crippen LogP contribution is -2.29. The number of nitrogens with zero attached hydrogens (tertiary/aromatic N) is 2. The molecule has 5 heteroatoms. The molecule has 0 bridgehead atoms. The Morgan fingerprint density at radius 3 is 2.86 bits per heavy atom. The molecule has 1 fully saturated rings. The van der Waals surface area contributed by atoms with Crippen LogP contribution in [0.1, 0.15) is 32.4 Å². The van der Waals surface area contributed by atoms with Crippen LogP contribution in [0.3, 0.4) is 0 Å². The van der Waals surface area contributed by atoms with E-state index in [0.29, 0.717) is 12.5 Å². The van der Waals surface area contributed by atoms with Crippen molar-refractivity contribution in [2.75, 3.05) is 19.6 Å². The number of rotatable bonds is 4. The number of nitrogens with two attached hydrogens (primary N) is 1. The highest BCUT2D eigenvalue weighted by molar-refractivity contribution is 7.13. The van der Waals surface area contributed by atoms with E-state index in [1.165, 1.54) is 16.9 Å². The van der Waals surface area contributed by atoms with E-state index in [0.717, 1.165) is 41.5 Å². The molecule has 1 amide bonds. The van der Waals surface area contributed by atoms with Gasteiger partial charge in [-0.1, -0.05) is 30.3 Å². The molecular formula is C17H21N3OS. The van der Waals surface area contributed by atoms with Gasteiger partial charge in [-0.3, -0.25) is 4.79 Å². The largest absolute Gasteiger partial charge is 0.338 e. The first-order valence-corrected chi connectivity index (χ1v) is 8.48. The van der Waals surface area contributed by atoms with Gasteiger partial charge in [0.15, 0.2) is 0 Å². The van der Waals surface area contributed by atoms with Crippen LogP contribution in [-0.2, 0) is 6.42 Å². The molecule has 1 unspecified atom stereocenters. The summed E-state index contributed by atoms with van der Waals surface area (Å²) in [4.78, 5) is 19.9. The molecule has 1 aromatic carbocycles. The fourth-order valence-corrected chi connectivity index (χ4v) is 3.92. The Hall–Kier alpha value is -1.72. The van der Waals surface area contributed by atoms with Crippen molar-refractivity contribution < 1.29 is 4.79 Å². The highest BCUT2D eigenvalue weighted by Crippen LogP contribution is 2.25. The first-order chi connectivity index (χ1) is 10.7. The molecule has 22 heavy (non-hydrogen) atoms. The zero-order chi connectivity index (χ0) is 15.5. The van der Waals surface area contributed by atoms with Gasteiger partial charge in [-0.2, -0.15) is 0 Å². The topological polar surface area (TPSA) is 59.2 Å². The molecule has 1 saturated heterocycles. The molecule has 3 rings (SSSR count). The van der Waals surface area contributed by atoms with E-state index >= 15 is 0 Å². The minimum absolute atomic E-state index is 0.116. The fraction of sp³-hybridized carbons (Fsp3) is 0.412. The first kappa shape index (κ1) is 15.2. The molecule has 2 heterocycles. The molecule has 1 atom stereocenters. The van der Waals surface area contributed by atoms with Crippen molar-refractivity contribution in [3.63, 3.8) is 0 Å². The highest BCUT2D eigenvalue weighted by Gasteiger charge is 2.28. The number of hydrogen-bond acceptors (Lipinski definition) is 4. The van der Waals surface area contributed by atoms with Gasteiger partial charge in [-0.25, -0.2) is 4.98 Å². The molecule has 1 aromatic heterocycles. The van der Waals surface area contributed by atoms with Gasteiger partial charge in [-0.05, 0) is 31.4 Å². The number of hydrogen-bond donors (Lipinski definition) is 1. The number of carbonyl (C=O) groups is 1. The number of carbonyl (C=O) groups excluding carboxylic acids is 1. The van der Waals surface area contributed by atoms with Crippen LogP contribution in [0.4, 0.5) is 0 Å². The molecule has 0 saturated carbocycles. The lowest BCUT2D eigenvalue weighted by atomic mass is 10.1. The van der Waals surface area contributed by atoms with Gasteiger partial charge in [0.05, 0.1) is 10.7 Å². The Morgan fingerprint density at radius 2 is 2.18 bits per heavy atom. The Kier molecular flexibility index (Phi) is 4.55. The molecule has 2 aromatic rings. The molecule has 0 spiro atoms. The van der Waals surface area contributed by atoms with Gasteiger partial charge >= 0.3 is 0 Å². The molecule has 2 N–H and O–H groups in total. The summed E-state index contributed by atoms with van der Waals surface area (Å²) in [6.45, 7) is 4.17. The summed E-state index contributed by atoms with van der Waals surface area (Å²) >= 11 is 1.52. The second-order valence-electron chi connectivity index (χ2n) is 5.83. The van der Waals surface area contributed by atoms with Gasteiger partial charge in [0, 0.05) is 19.5 Å². The highest BCUT2D eigenvalue weighted by atomic mass is 32.1. The summed E-state index contributed by atoms with van der Waals surface area (Å²) in [5.74, 6) is 0.561. The Labute approximate surface area is 135 Å². The molecule has 4 nitrogen and oxygen atoms in total. The lowest BCUT2D eigenvalue weighted by Gasteiger charge is -2.15. The van der Waals surface area contributed by atoms with Gasteiger partial charge in [0.1, 0.15) is 4.88 Å². The minimum atomic E-state index is 0.116. The van der Waals surface area contributed by atoms with Crippen molar-refractivity contribution in [3.8, 4) is 0 Å². The van der Waals surface area contributed by atoms with Crippen LogP contribution < -0.4 is 5.73 Å². The minimum Gasteiger partial charge on any atom is -0.338 e. The van der Waals surface area contributed by atoms with Crippen LogP contribution in [0.2, 0.25) is 0 Å². The molecule has 0 aliphatic carbocycles. The van der Waals surface area contributed by atoms with E-state index in [9.17, 15) is 4.79 Å². The normalized spacial score (nSPS) is 17.9. The van der Waals surface area contributed by atoms with E-state index in [-0.39, 0.29) is 5.91 Å². The average Bonchev–Trinajstić information content (AvgIpc) is 3.14. The maximum Gasteiger partial charge on any atom is 0.265 e. The third-order valence-corrected chi connectivity index (χ3v) is 5.29. The second-order valence-corrected chi connectivity index (χ2v) is 6.91. The van der Waals surface area contributed by atoms with Gasteiger partial charge in [-0.15, -0.1) is 11.3 Å². The lowest BCUT2D eigenvalue weighted by molar-refractivity contribution is 0.0791. The maximum absolute atomic E-state index is 12.7. The van der Waals surface area contributed by atoms with E-state index in [1.54, 1.807) is 0 Å². The van der Waals surface area contributed by atoms with E-state index in [1.807, 2.05) is 30.0 Å². The van der Waals surface area contributed by atoms with Crippen LogP contribution in [0, 0.1) is 12.8 Å². The summed E-state index contributed by atoms with van der Waals surface area (Å²) in [5, 5.41) is 1.00. The number of aromatic nitrogens is 1. The Morgan fingerprint density at radius 1 is 1.41 bits per heavy atom. The zero-order valence-corrected chi connectivity index (χ0v) is 13.6. The van der Waals surface area contributed by atoms with Crippen molar-refractivity contribution in [2.24, 2.45) is 11.7 Å². The van der Waals surface area contributed by atoms with E-state index < -0.39 is 0 Å². The predicted octanol–water partition coefficient (Wildman–Crippen LogP) is 2.46. The molecular weight excluding hydrogens is 294 g/mol. The number of thiazole rings is 1. The van der Waals surface area contributed by atoms with Crippen molar-refractivity contribution in [2.45, 2.75) is 19.8 Å². The van der Waals surface area contributed by atoms with E-state index in [4.69, 9.17) is 5.73 Å². The van der Waals surface area contributed by atoms with Crippen molar-refractivity contribution >= 4 is 17.2 Å². The second kappa shape index (κ2) is 6.58. The zero-order valence-electron chi connectivity index (χ0n) is 12.8. The molecule has 116 valence electrons. The monoisotopic (exact) mass is 315 g/mol. The third kappa shape index (κ3) is 3.20. The summed E-state index contributed by atoms with van der Waals surface area (Å²) < 4.78 is 0. The predicted molar refractivity (Wildman–Crippen MR) is 89.2 cm³/mol. The van der Waals surface area contributed by atoms with Crippen LogP contribution in [-0.4, -0.2) is 35.4 Å². The summed E-state index contributed by atoms with van der Waals surface area (Å²) in [6.07, 6.45) is 1.79. The molecule has 1 aliphatic heterocycles. The standard InChI is InChI=1S/C17H21N3OS/c1-12-16(17(21)20-8-7-14(10-18)11-20)22-15(19-12)9-13-5-3-2-4-6-13/h2-6,14H,7-11,18H2,1H3. The van der Waals surface area contributed by atoms with Gasteiger partial charge in [0.25, 0.3) is 5.91 Å². The van der Waals surface area contributed by atoms with Crippen molar-refractivity contribution in [1.82, 2.24) is 9.88 Å². The first-order valence-electron chi connectivity index (χ1n) is 7.67. The number of likely N-dealkylation sites (tertiary alicyclic amines) is 1. The molecule has 0 radical (unpaired) electrons. The Bertz CT molecular complexity index is 653.